The standard InChI is InChI=1S/C27H41NO/c1-2-3-6-11-24-12-14-25(15-13-24)26-16-18-27(19-17-26)29-23-10-5-4-7-20-28-21-8-9-22-28/h8-9,16-19,21-22,24-25H,2-7,10-15,20,23H2,1H3. The molecule has 1 heterocycles. The molecule has 2 aromatic rings. The van der Waals surface area contributed by atoms with E-state index < -0.39 is 0 Å². The van der Waals surface area contributed by atoms with E-state index in [4.69, 9.17) is 4.74 Å². The third-order valence-electron chi connectivity index (χ3n) is 6.66. The fraction of sp³-hybridized carbons (Fsp3) is 0.630. The molecule has 1 aromatic heterocycles. The van der Waals surface area contributed by atoms with Gasteiger partial charge in [0.1, 0.15) is 5.75 Å². The minimum atomic E-state index is 0.770. The van der Waals surface area contributed by atoms with Crippen LogP contribution in [0.3, 0.4) is 0 Å². The van der Waals surface area contributed by atoms with Crippen LogP contribution in [0.15, 0.2) is 48.8 Å². The van der Waals surface area contributed by atoms with Crippen LogP contribution >= 0.6 is 0 Å². The van der Waals surface area contributed by atoms with Gasteiger partial charge in [-0.15, -0.1) is 0 Å². The number of aromatic nitrogens is 1. The van der Waals surface area contributed by atoms with Crippen LogP contribution in [-0.4, -0.2) is 11.2 Å². The van der Waals surface area contributed by atoms with E-state index >= 15 is 0 Å². The Labute approximate surface area is 178 Å². The van der Waals surface area contributed by atoms with Crippen LogP contribution < -0.4 is 4.74 Å². The monoisotopic (exact) mass is 395 g/mol. The molecule has 0 bridgehead atoms. The number of nitrogens with zero attached hydrogens (tertiary/aromatic N) is 1. The highest BCUT2D eigenvalue weighted by Crippen LogP contribution is 2.38. The van der Waals surface area contributed by atoms with Crippen molar-refractivity contribution in [2.24, 2.45) is 5.92 Å². The smallest absolute Gasteiger partial charge is 0.119 e. The predicted molar refractivity (Wildman–Crippen MR) is 124 cm³/mol. The maximum atomic E-state index is 5.97. The zero-order valence-corrected chi connectivity index (χ0v) is 18.5. The molecule has 2 heteroatoms. The molecule has 0 spiro atoms. The van der Waals surface area contributed by atoms with E-state index in [1.807, 2.05) is 0 Å². The number of hydrogen-bond donors (Lipinski definition) is 0. The Kier molecular flexibility index (Phi) is 9.69. The zero-order chi connectivity index (χ0) is 20.2. The molecule has 0 unspecified atom stereocenters. The van der Waals surface area contributed by atoms with Gasteiger partial charge in [-0.2, -0.15) is 0 Å². The number of hydrogen-bond acceptors (Lipinski definition) is 1. The van der Waals surface area contributed by atoms with E-state index in [2.05, 4.69) is 60.3 Å². The van der Waals surface area contributed by atoms with Gasteiger partial charge in [0.2, 0.25) is 0 Å². The number of benzene rings is 1. The van der Waals surface area contributed by atoms with Crippen LogP contribution in [0.2, 0.25) is 0 Å². The molecule has 160 valence electrons. The summed E-state index contributed by atoms with van der Waals surface area (Å²) in [7, 11) is 0. The van der Waals surface area contributed by atoms with Crippen molar-refractivity contribution >= 4 is 0 Å². The van der Waals surface area contributed by atoms with Crippen molar-refractivity contribution < 1.29 is 4.74 Å². The molecule has 1 aromatic carbocycles. The van der Waals surface area contributed by atoms with Crippen LogP contribution in [0.5, 0.6) is 5.75 Å². The second-order valence-electron chi connectivity index (χ2n) is 8.97. The first-order chi connectivity index (χ1) is 14.3. The van der Waals surface area contributed by atoms with E-state index in [9.17, 15) is 0 Å². The first kappa shape index (κ1) is 22.0. The van der Waals surface area contributed by atoms with Gasteiger partial charge in [-0.05, 0) is 80.2 Å². The summed E-state index contributed by atoms with van der Waals surface area (Å²) in [4.78, 5) is 0. The molecule has 2 nitrogen and oxygen atoms in total. The second-order valence-corrected chi connectivity index (χ2v) is 8.97. The molecular weight excluding hydrogens is 354 g/mol. The normalized spacial score (nSPS) is 19.3. The molecule has 1 aliphatic carbocycles. The van der Waals surface area contributed by atoms with Gasteiger partial charge in [0.05, 0.1) is 6.61 Å². The summed E-state index contributed by atoms with van der Waals surface area (Å²) in [5.74, 6) is 2.80. The molecule has 1 fully saturated rings. The van der Waals surface area contributed by atoms with Crippen molar-refractivity contribution in [1.29, 1.82) is 0 Å². The molecule has 0 saturated heterocycles. The summed E-state index contributed by atoms with van der Waals surface area (Å²) in [5, 5.41) is 0. The quantitative estimate of drug-likeness (QED) is 0.313. The van der Waals surface area contributed by atoms with Gasteiger partial charge in [-0.3, -0.25) is 0 Å². The van der Waals surface area contributed by atoms with Crippen LogP contribution in [0.1, 0.15) is 95.5 Å². The average Bonchev–Trinajstić information content (AvgIpc) is 3.28. The van der Waals surface area contributed by atoms with E-state index in [-0.39, 0.29) is 0 Å². The van der Waals surface area contributed by atoms with Crippen molar-refractivity contribution in [3.63, 3.8) is 0 Å². The Morgan fingerprint density at radius 1 is 0.828 bits per heavy atom. The van der Waals surface area contributed by atoms with Gasteiger partial charge in [0.15, 0.2) is 0 Å². The summed E-state index contributed by atoms with van der Waals surface area (Å²) in [6.45, 7) is 4.28. The van der Waals surface area contributed by atoms with E-state index in [0.29, 0.717) is 0 Å². The van der Waals surface area contributed by atoms with Gasteiger partial charge in [0.25, 0.3) is 0 Å². The molecular formula is C27H41NO. The Balaban J connectivity index is 1.26. The lowest BCUT2D eigenvalue weighted by molar-refractivity contribution is 0.299. The zero-order valence-electron chi connectivity index (χ0n) is 18.5. The maximum Gasteiger partial charge on any atom is 0.119 e. The highest BCUT2D eigenvalue weighted by Gasteiger charge is 2.21. The predicted octanol–water partition coefficient (Wildman–Crippen LogP) is 7.98. The molecule has 0 atom stereocenters. The molecule has 29 heavy (non-hydrogen) atoms. The fourth-order valence-corrected chi connectivity index (χ4v) is 4.76. The third kappa shape index (κ3) is 7.91. The Morgan fingerprint density at radius 3 is 2.28 bits per heavy atom. The molecule has 0 aliphatic heterocycles. The number of rotatable bonds is 13. The van der Waals surface area contributed by atoms with Gasteiger partial charge in [-0.25, -0.2) is 0 Å². The first-order valence-electron chi connectivity index (χ1n) is 12.2. The topological polar surface area (TPSA) is 14.2 Å². The SMILES string of the molecule is CCCCCC1CCC(c2ccc(OCCCCCCn3cccc3)cc2)CC1. The highest BCUT2D eigenvalue weighted by atomic mass is 16.5. The number of unbranched alkanes of at least 4 members (excludes halogenated alkanes) is 5. The molecule has 3 rings (SSSR count). The van der Waals surface area contributed by atoms with Crippen LogP contribution in [0.25, 0.3) is 0 Å². The van der Waals surface area contributed by atoms with Crippen molar-refractivity contribution in [2.45, 2.75) is 96.4 Å². The second kappa shape index (κ2) is 12.8. The van der Waals surface area contributed by atoms with E-state index in [0.717, 1.165) is 37.2 Å². The van der Waals surface area contributed by atoms with Gasteiger partial charge < -0.3 is 9.30 Å². The molecule has 1 aliphatic rings. The summed E-state index contributed by atoms with van der Waals surface area (Å²) >= 11 is 0. The minimum Gasteiger partial charge on any atom is -0.494 e. The van der Waals surface area contributed by atoms with Crippen molar-refractivity contribution in [3.8, 4) is 5.75 Å². The molecule has 0 radical (unpaired) electrons. The van der Waals surface area contributed by atoms with E-state index in [1.165, 1.54) is 76.2 Å². The van der Waals surface area contributed by atoms with Crippen LogP contribution in [-0.2, 0) is 6.54 Å². The lowest BCUT2D eigenvalue weighted by atomic mass is 9.77. The largest absolute Gasteiger partial charge is 0.494 e. The Morgan fingerprint density at radius 2 is 1.55 bits per heavy atom. The summed E-state index contributed by atoms with van der Waals surface area (Å²) in [5.41, 5.74) is 1.52. The molecule has 0 N–H and O–H groups in total. The Hall–Kier alpha value is -1.70. The van der Waals surface area contributed by atoms with Gasteiger partial charge >= 0.3 is 0 Å². The van der Waals surface area contributed by atoms with Crippen molar-refractivity contribution in [2.75, 3.05) is 6.61 Å². The highest BCUT2D eigenvalue weighted by molar-refractivity contribution is 5.29. The fourth-order valence-electron chi connectivity index (χ4n) is 4.76. The minimum absolute atomic E-state index is 0.770. The van der Waals surface area contributed by atoms with E-state index in [1.54, 1.807) is 0 Å². The van der Waals surface area contributed by atoms with Crippen molar-refractivity contribution in [3.05, 3.63) is 54.4 Å². The number of aryl methyl sites for hydroxylation is 1. The number of ether oxygens (including phenoxy) is 1. The summed E-state index contributed by atoms with van der Waals surface area (Å²) in [6.07, 6.45) is 20.5. The summed E-state index contributed by atoms with van der Waals surface area (Å²) in [6, 6.07) is 13.2. The first-order valence-corrected chi connectivity index (χ1v) is 12.2. The van der Waals surface area contributed by atoms with Crippen molar-refractivity contribution in [1.82, 2.24) is 4.57 Å². The lowest BCUT2D eigenvalue weighted by Crippen LogP contribution is -2.13. The third-order valence-corrected chi connectivity index (χ3v) is 6.66. The lowest BCUT2D eigenvalue weighted by Gasteiger charge is -2.29. The molecule has 0 amide bonds. The van der Waals surface area contributed by atoms with Gasteiger partial charge in [0, 0.05) is 18.9 Å². The average molecular weight is 396 g/mol. The van der Waals surface area contributed by atoms with Crippen LogP contribution in [0, 0.1) is 5.92 Å². The summed E-state index contributed by atoms with van der Waals surface area (Å²) < 4.78 is 8.23. The maximum absolute atomic E-state index is 5.97. The Bertz CT molecular complexity index is 638. The van der Waals surface area contributed by atoms with Crippen LogP contribution in [0.4, 0.5) is 0 Å². The molecule has 1 saturated carbocycles. The van der Waals surface area contributed by atoms with Gasteiger partial charge in [-0.1, -0.05) is 57.6 Å².